The van der Waals surface area contributed by atoms with Crippen molar-refractivity contribution in [1.29, 1.82) is 0 Å². The van der Waals surface area contributed by atoms with Crippen LogP contribution in [0.1, 0.15) is 33.6 Å². The van der Waals surface area contributed by atoms with E-state index < -0.39 is 10.1 Å². The molecular formula is C12H22O3S. The molecule has 0 N–H and O–H groups in total. The summed E-state index contributed by atoms with van der Waals surface area (Å²) in [4.78, 5) is 0. The van der Waals surface area contributed by atoms with Crippen molar-refractivity contribution in [3.05, 3.63) is 0 Å². The summed E-state index contributed by atoms with van der Waals surface area (Å²) >= 11 is 0. The third-order valence-electron chi connectivity index (χ3n) is 4.92. The van der Waals surface area contributed by atoms with E-state index in [1.807, 2.05) is 0 Å². The fraction of sp³-hybridized carbons (Fsp3) is 1.00. The minimum atomic E-state index is -3.29. The van der Waals surface area contributed by atoms with Gasteiger partial charge in [-0.25, -0.2) is 0 Å². The second-order valence-electron chi connectivity index (χ2n) is 6.23. The maximum Gasteiger partial charge on any atom is 0.264 e. The first-order valence-corrected chi connectivity index (χ1v) is 7.88. The van der Waals surface area contributed by atoms with E-state index in [2.05, 4.69) is 20.8 Å². The van der Waals surface area contributed by atoms with E-state index in [1.54, 1.807) is 0 Å². The highest BCUT2D eigenvalue weighted by Crippen LogP contribution is 2.62. The Labute approximate surface area is 98.7 Å². The van der Waals surface area contributed by atoms with Gasteiger partial charge >= 0.3 is 0 Å². The molecule has 2 bridgehead atoms. The lowest BCUT2D eigenvalue weighted by Gasteiger charge is -2.62. The molecule has 3 saturated carbocycles. The van der Waals surface area contributed by atoms with Gasteiger partial charge in [0.15, 0.2) is 0 Å². The normalized spacial score (nSPS) is 41.5. The predicted molar refractivity (Wildman–Crippen MR) is 63.4 cm³/mol. The summed E-state index contributed by atoms with van der Waals surface area (Å²) in [7, 11) is -3.29. The maximum absolute atomic E-state index is 11.0. The lowest BCUT2D eigenvalue weighted by molar-refractivity contribution is -0.139. The lowest BCUT2D eigenvalue weighted by Crippen LogP contribution is -2.56. The van der Waals surface area contributed by atoms with Crippen molar-refractivity contribution < 1.29 is 12.6 Å². The van der Waals surface area contributed by atoms with Crippen LogP contribution in [-0.4, -0.2) is 21.3 Å². The molecule has 3 aliphatic rings. The highest BCUT2D eigenvalue weighted by Gasteiger charge is 2.56. The molecule has 4 atom stereocenters. The van der Waals surface area contributed by atoms with Gasteiger partial charge in [-0.15, -0.1) is 0 Å². The first-order valence-electron chi connectivity index (χ1n) is 6.06. The van der Waals surface area contributed by atoms with Crippen molar-refractivity contribution in [3.8, 4) is 0 Å². The van der Waals surface area contributed by atoms with Gasteiger partial charge in [0.2, 0.25) is 0 Å². The number of fused-ring (bicyclic) bond motifs is 2. The minimum Gasteiger partial charge on any atom is -0.270 e. The highest BCUT2D eigenvalue weighted by atomic mass is 32.2. The molecule has 4 heteroatoms. The third-order valence-corrected chi connectivity index (χ3v) is 5.49. The number of hydrogen-bond acceptors (Lipinski definition) is 3. The fourth-order valence-electron chi connectivity index (χ4n) is 3.69. The molecule has 0 aromatic heterocycles. The molecule has 0 radical (unpaired) electrons. The average Bonchev–Trinajstić information content (AvgIpc) is 2.13. The van der Waals surface area contributed by atoms with Crippen LogP contribution < -0.4 is 0 Å². The van der Waals surface area contributed by atoms with Crippen molar-refractivity contribution in [1.82, 2.24) is 0 Å². The Morgan fingerprint density at radius 2 is 1.94 bits per heavy atom. The number of rotatable bonds is 3. The first kappa shape index (κ1) is 12.4. The van der Waals surface area contributed by atoms with Crippen LogP contribution >= 0.6 is 0 Å². The summed E-state index contributed by atoms with van der Waals surface area (Å²) in [6.45, 7) is 7.22. The van der Waals surface area contributed by atoms with Crippen LogP contribution in [0.4, 0.5) is 0 Å². The zero-order valence-electron chi connectivity index (χ0n) is 10.6. The molecule has 3 aliphatic carbocycles. The molecule has 0 amide bonds. The van der Waals surface area contributed by atoms with E-state index in [1.165, 1.54) is 12.8 Å². The average molecular weight is 246 g/mol. The van der Waals surface area contributed by atoms with Crippen LogP contribution in [0.15, 0.2) is 0 Å². The predicted octanol–water partition coefficient (Wildman–Crippen LogP) is 2.28. The Hall–Kier alpha value is -0.0900. The summed E-state index contributed by atoms with van der Waals surface area (Å²) in [5, 5.41) is 0. The van der Waals surface area contributed by atoms with Gasteiger partial charge in [-0.2, -0.15) is 8.42 Å². The van der Waals surface area contributed by atoms with Gasteiger partial charge in [0.05, 0.1) is 12.9 Å². The Balaban J connectivity index is 2.03. The molecule has 0 unspecified atom stereocenters. The van der Waals surface area contributed by atoms with E-state index in [0.29, 0.717) is 29.8 Å². The molecule has 3 nitrogen and oxygen atoms in total. The first-order chi connectivity index (χ1) is 7.22. The molecule has 0 aliphatic heterocycles. The Morgan fingerprint density at radius 1 is 1.31 bits per heavy atom. The van der Waals surface area contributed by atoms with E-state index >= 15 is 0 Å². The molecule has 0 heterocycles. The van der Waals surface area contributed by atoms with Gasteiger partial charge in [-0.05, 0) is 41.9 Å². The topological polar surface area (TPSA) is 43.4 Å². The fourth-order valence-corrected chi connectivity index (χ4v) is 4.09. The van der Waals surface area contributed by atoms with Gasteiger partial charge in [0.1, 0.15) is 0 Å². The monoisotopic (exact) mass is 246 g/mol. The van der Waals surface area contributed by atoms with E-state index in [9.17, 15) is 8.42 Å². The summed E-state index contributed by atoms with van der Waals surface area (Å²) in [6.07, 6.45) is 3.62. The SMILES string of the molecule is C[C@H]1C[C@@H]2C[C@H]([C@H]1COS(C)(=O)=O)C2(C)C. The summed E-state index contributed by atoms with van der Waals surface area (Å²) < 4.78 is 27.1. The van der Waals surface area contributed by atoms with Gasteiger partial charge in [-0.3, -0.25) is 4.18 Å². The molecule has 16 heavy (non-hydrogen) atoms. The molecule has 0 aromatic carbocycles. The van der Waals surface area contributed by atoms with Crippen molar-refractivity contribution >= 4 is 10.1 Å². The summed E-state index contributed by atoms with van der Waals surface area (Å²) in [5.41, 5.74) is 0.387. The Kier molecular flexibility index (Phi) is 2.86. The molecule has 0 spiro atoms. The van der Waals surface area contributed by atoms with Crippen LogP contribution in [0.2, 0.25) is 0 Å². The van der Waals surface area contributed by atoms with E-state index in [0.717, 1.165) is 12.2 Å². The van der Waals surface area contributed by atoms with Crippen molar-refractivity contribution in [3.63, 3.8) is 0 Å². The molecule has 0 saturated heterocycles. The molecule has 94 valence electrons. The summed E-state index contributed by atoms with van der Waals surface area (Å²) in [6, 6.07) is 0. The quantitative estimate of drug-likeness (QED) is 0.718. The van der Waals surface area contributed by atoms with Crippen LogP contribution in [0.3, 0.4) is 0 Å². The van der Waals surface area contributed by atoms with Gasteiger partial charge in [0, 0.05) is 0 Å². The Morgan fingerprint density at radius 3 is 2.44 bits per heavy atom. The van der Waals surface area contributed by atoms with Crippen molar-refractivity contribution in [2.75, 3.05) is 12.9 Å². The third kappa shape index (κ3) is 2.02. The van der Waals surface area contributed by atoms with E-state index in [4.69, 9.17) is 4.18 Å². The minimum absolute atomic E-state index is 0.376. The molecule has 3 rings (SSSR count). The van der Waals surface area contributed by atoms with Crippen molar-refractivity contribution in [2.24, 2.45) is 29.1 Å². The van der Waals surface area contributed by atoms with Gasteiger partial charge in [0.25, 0.3) is 10.1 Å². The van der Waals surface area contributed by atoms with Gasteiger partial charge in [-0.1, -0.05) is 20.8 Å². The second-order valence-corrected chi connectivity index (χ2v) is 7.87. The highest BCUT2D eigenvalue weighted by molar-refractivity contribution is 7.85. The second kappa shape index (κ2) is 3.70. The maximum atomic E-state index is 11.0. The molecular weight excluding hydrogens is 224 g/mol. The standard InChI is InChI=1S/C12H22O3S/c1-8-5-9-6-11(12(9,2)3)10(8)7-15-16(4,13)14/h8-11H,5-7H2,1-4H3/t8-,9+,10-,11+/m0/s1. The zero-order valence-corrected chi connectivity index (χ0v) is 11.4. The van der Waals surface area contributed by atoms with E-state index in [-0.39, 0.29) is 0 Å². The van der Waals surface area contributed by atoms with Crippen molar-refractivity contribution in [2.45, 2.75) is 33.6 Å². The van der Waals surface area contributed by atoms with Crippen LogP contribution in [0.25, 0.3) is 0 Å². The van der Waals surface area contributed by atoms with Crippen LogP contribution in [0.5, 0.6) is 0 Å². The molecule has 3 fully saturated rings. The largest absolute Gasteiger partial charge is 0.270 e. The smallest absolute Gasteiger partial charge is 0.264 e. The lowest BCUT2D eigenvalue weighted by atomic mass is 9.43. The van der Waals surface area contributed by atoms with Gasteiger partial charge < -0.3 is 0 Å². The summed E-state index contributed by atoms with van der Waals surface area (Å²) in [5.74, 6) is 2.48. The molecule has 0 aromatic rings. The zero-order chi connectivity index (χ0) is 12.1. The number of hydrogen-bond donors (Lipinski definition) is 0. The van der Waals surface area contributed by atoms with Crippen LogP contribution in [-0.2, 0) is 14.3 Å². The Bertz CT molecular complexity index is 372. The van der Waals surface area contributed by atoms with Crippen LogP contribution in [0, 0.1) is 29.1 Å².